The maximum atomic E-state index is 13.0. The fourth-order valence-corrected chi connectivity index (χ4v) is 4.23. The topological polar surface area (TPSA) is 53.4 Å². The Kier molecular flexibility index (Phi) is 7.78. The number of hydrogen-bond donors (Lipinski definition) is 0. The highest BCUT2D eigenvalue weighted by Crippen LogP contribution is 2.26. The largest absolute Gasteiger partial charge is 0.492 e. The van der Waals surface area contributed by atoms with Crippen LogP contribution in [-0.4, -0.2) is 22.1 Å². The first-order valence-electron chi connectivity index (χ1n) is 12.1. The van der Waals surface area contributed by atoms with Crippen LogP contribution in [0.1, 0.15) is 27.3 Å². The summed E-state index contributed by atoms with van der Waals surface area (Å²) in [6, 6.07) is 29.5. The average molecular weight is 543 g/mol. The number of imidazole rings is 1. The van der Waals surface area contributed by atoms with E-state index in [1.54, 1.807) is 54.6 Å². The van der Waals surface area contributed by atoms with Crippen LogP contribution in [0.25, 0.3) is 22.9 Å². The van der Waals surface area contributed by atoms with Crippen LogP contribution in [0.2, 0.25) is 10.0 Å². The van der Waals surface area contributed by atoms with Gasteiger partial charge in [0, 0.05) is 21.7 Å². The summed E-state index contributed by atoms with van der Waals surface area (Å²) in [5.74, 6) is 1.27. The zero-order valence-corrected chi connectivity index (χ0v) is 22.1. The third-order valence-corrected chi connectivity index (χ3v) is 6.46. The molecule has 0 amide bonds. The Labute approximate surface area is 230 Å². The van der Waals surface area contributed by atoms with E-state index in [2.05, 4.69) is 4.57 Å². The summed E-state index contributed by atoms with van der Waals surface area (Å²) in [6.07, 6.45) is 1.77. The van der Waals surface area contributed by atoms with Gasteiger partial charge in [0.1, 0.15) is 23.9 Å². The SMILES string of the molecule is Cc1ccc(OCCn2c(C=C(OC(=O)c3ccc(Cl)cc3)c3ccc(Cl)cc3)nc3ccccc32)cc1. The third kappa shape index (κ3) is 6.08. The maximum absolute atomic E-state index is 13.0. The zero-order valence-electron chi connectivity index (χ0n) is 20.6. The van der Waals surface area contributed by atoms with Crippen molar-refractivity contribution in [3.8, 4) is 5.75 Å². The predicted octanol–water partition coefficient (Wildman–Crippen LogP) is 8.09. The van der Waals surface area contributed by atoms with Crippen LogP contribution in [-0.2, 0) is 11.3 Å². The number of rotatable bonds is 8. The van der Waals surface area contributed by atoms with Crippen molar-refractivity contribution in [2.24, 2.45) is 0 Å². The molecule has 0 aliphatic heterocycles. The molecule has 0 aliphatic carbocycles. The van der Waals surface area contributed by atoms with Gasteiger partial charge in [-0.2, -0.15) is 0 Å². The standard InChI is InChI=1S/C31H24Cl2N2O3/c1-21-6-16-26(17-7-21)37-19-18-35-28-5-3-2-4-27(28)34-30(35)20-29(22-8-12-24(32)13-9-22)38-31(36)23-10-14-25(33)15-11-23/h2-17,20H,18-19H2,1H3. The molecule has 190 valence electrons. The van der Waals surface area contributed by atoms with Crippen LogP contribution in [0.5, 0.6) is 5.75 Å². The molecule has 7 heteroatoms. The van der Waals surface area contributed by atoms with Gasteiger partial charge in [-0.3, -0.25) is 0 Å². The van der Waals surface area contributed by atoms with Gasteiger partial charge >= 0.3 is 5.97 Å². The van der Waals surface area contributed by atoms with Crippen LogP contribution in [0, 0.1) is 6.92 Å². The number of esters is 1. The van der Waals surface area contributed by atoms with Gasteiger partial charge in [0.25, 0.3) is 0 Å². The molecule has 0 fully saturated rings. The normalized spacial score (nSPS) is 11.5. The van der Waals surface area contributed by atoms with Gasteiger partial charge in [0.2, 0.25) is 0 Å². The lowest BCUT2D eigenvalue weighted by Gasteiger charge is -2.12. The van der Waals surface area contributed by atoms with Gasteiger partial charge in [-0.05, 0) is 79.7 Å². The Bertz CT molecular complexity index is 1590. The number of carbonyl (C=O) groups excluding carboxylic acids is 1. The molecule has 0 saturated carbocycles. The molecule has 5 nitrogen and oxygen atoms in total. The zero-order chi connectivity index (χ0) is 26.5. The quantitative estimate of drug-likeness (QED) is 0.147. The molecule has 0 saturated heterocycles. The molecule has 0 N–H and O–H groups in total. The summed E-state index contributed by atoms with van der Waals surface area (Å²) >= 11 is 12.1. The number of fused-ring (bicyclic) bond motifs is 1. The van der Waals surface area contributed by atoms with Crippen molar-refractivity contribution in [1.29, 1.82) is 0 Å². The second-order valence-electron chi connectivity index (χ2n) is 8.68. The number of carbonyl (C=O) groups is 1. The van der Waals surface area contributed by atoms with E-state index in [1.807, 2.05) is 55.5 Å². The van der Waals surface area contributed by atoms with Crippen molar-refractivity contribution in [3.05, 3.63) is 130 Å². The number of nitrogens with zero attached hydrogens (tertiary/aromatic N) is 2. The summed E-state index contributed by atoms with van der Waals surface area (Å²) in [7, 11) is 0. The van der Waals surface area contributed by atoms with E-state index < -0.39 is 5.97 Å². The Morgan fingerprint density at radius 3 is 2.16 bits per heavy atom. The molecule has 0 radical (unpaired) electrons. The molecule has 5 rings (SSSR count). The van der Waals surface area contributed by atoms with Crippen molar-refractivity contribution < 1.29 is 14.3 Å². The van der Waals surface area contributed by atoms with Crippen molar-refractivity contribution in [2.75, 3.05) is 6.61 Å². The third-order valence-electron chi connectivity index (χ3n) is 5.96. The van der Waals surface area contributed by atoms with E-state index in [1.165, 1.54) is 5.56 Å². The van der Waals surface area contributed by atoms with Crippen LogP contribution in [0.15, 0.2) is 97.1 Å². The Balaban J connectivity index is 1.49. The van der Waals surface area contributed by atoms with Gasteiger partial charge < -0.3 is 14.0 Å². The Morgan fingerprint density at radius 2 is 1.47 bits per heavy atom. The highest BCUT2D eigenvalue weighted by atomic mass is 35.5. The van der Waals surface area contributed by atoms with E-state index >= 15 is 0 Å². The van der Waals surface area contributed by atoms with Crippen LogP contribution in [0.3, 0.4) is 0 Å². The number of aryl methyl sites for hydroxylation is 1. The fourth-order valence-electron chi connectivity index (χ4n) is 3.98. The molecule has 0 unspecified atom stereocenters. The summed E-state index contributed by atoms with van der Waals surface area (Å²) in [5, 5.41) is 1.12. The highest BCUT2D eigenvalue weighted by Gasteiger charge is 2.16. The summed E-state index contributed by atoms with van der Waals surface area (Å²) in [5.41, 5.74) is 4.02. The van der Waals surface area contributed by atoms with Gasteiger partial charge in [-0.25, -0.2) is 9.78 Å². The molecule has 38 heavy (non-hydrogen) atoms. The van der Waals surface area contributed by atoms with Crippen molar-refractivity contribution in [3.63, 3.8) is 0 Å². The lowest BCUT2D eigenvalue weighted by atomic mass is 10.1. The molecule has 5 aromatic rings. The number of benzene rings is 4. The minimum absolute atomic E-state index is 0.345. The minimum atomic E-state index is -0.506. The second-order valence-corrected chi connectivity index (χ2v) is 9.56. The molecule has 4 aromatic carbocycles. The van der Waals surface area contributed by atoms with E-state index in [0.717, 1.165) is 16.8 Å². The molecule has 0 atom stereocenters. The smallest absolute Gasteiger partial charge is 0.343 e. The number of halogens is 2. The summed E-state index contributed by atoms with van der Waals surface area (Å²) in [6.45, 7) is 3.02. The first-order chi connectivity index (χ1) is 18.5. The van der Waals surface area contributed by atoms with Crippen molar-refractivity contribution in [1.82, 2.24) is 9.55 Å². The molecule has 0 aliphatic rings. The Morgan fingerprint density at radius 1 is 0.842 bits per heavy atom. The van der Waals surface area contributed by atoms with Crippen LogP contribution in [0.4, 0.5) is 0 Å². The van der Waals surface area contributed by atoms with Crippen molar-refractivity contribution >= 4 is 52.0 Å². The monoisotopic (exact) mass is 542 g/mol. The minimum Gasteiger partial charge on any atom is -0.492 e. The van der Waals surface area contributed by atoms with E-state index in [0.29, 0.717) is 45.9 Å². The van der Waals surface area contributed by atoms with E-state index in [-0.39, 0.29) is 0 Å². The maximum Gasteiger partial charge on any atom is 0.343 e. The molecule has 1 aromatic heterocycles. The molecular formula is C31H24Cl2N2O3. The van der Waals surface area contributed by atoms with Crippen LogP contribution < -0.4 is 4.74 Å². The molecule has 1 heterocycles. The molecular weight excluding hydrogens is 519 g/mol. The average Bonchev–Trinajstić information content (AvgIpc) is 3.27. The van der Waals surface area contributed by atoms with E-state index in [4.69, 9.17) is 37.7 Å². The number of para-hydroxylation sites is 2. The number of ether oxygens (including phenoxy) is 2. The number of aromatic nitrogens is 2. The Hall–Kier alpha value is -4.06. The van der Waals surface area contributed by atoms with Gasteiger partial charge in [0.05, 0.1) is 23.1 Å². The van der Waals surface area contributed by atoms with Gasteiger partial charge in [-0.1, -0.05) is 53.0 Å². The second kappa shape index (κ2) is 11.5. The predicted molar refractivity (Wildman–Crippen MR) is 153 cm³/mol. The molecule has 0 bridgehead atoms. The first kappa shape index (κ1) is 25.6. The highest BCUT2D eigenvalue weighted by molar-refractivity contribution is 6.31. The first-order valence-corrected chi connectivity index (χ1v) is 12.8. The van der Waals surface area contributed by atoms with Gasteiger partial charge in [-0.15, -0.1) is 0 Å². The summed E-state index contributed by atoms with van der Waals surface area (Å²) < 4.78 is 13.9. The molecule has 0 spiro atoms. The lowest BCUT2D eigenvalue weighted by Crippen LogP contribution is -2.10. The van der Waals surface area contributed by atoms with Gasteiger partial charge in [0.15, 0.2) is 0 Å². The van der Waals surface area contributed by atoms with Crippen LogP contribution >= 0.6 is 23.2 Å². The lowest BCUT2D eigenvalue weighted by molar-refractivity contribution is 0.0693. The van der Waals surface area contributed by atoms with Crippen molar-refractivity contribution in [2.45, 2.75) is 13.5 Å². The summed E-state index contributed by atoms with van der Waals surface area (Å²) in [4.78, 5) is 17.8. The number of hydrogen-bond acceptors (Lipinski definition) is 4. The van der Waals surface area contributed by atoms with E-state index in [9.17, 15) is 4.79 Å². The fraction of sp³-hybridized carbons (Fsp3) is 0.0968.